The summed E-state index contributed by atoms with van der Waals surface area (Å²) in [4.78, 5) is 18.9. The van der Waals surface area contributed by atoms with Gasteiger partial charge in [0.05, 0.1) is 18.5 Å². The fourth-order valence-corrected chi connectivity index (χ4v) is 3.33. The third-order valence-electron chi connectivity index (χ3n) is 3.94. The fourth-order valence-electron chi connectivity index (χ4n) is 2.50. The van der Waals surface area contributed by atoms with Crippen LogP contribution in [0.1, 0.15) is 6.92 Å². The zero-order valence-corrected chi connectivity index (χ0v) is 14.8. The van der Waals surface area contributed by atoms with Gasteiger partial charge in [0.15, 0.2) is 5.16 Å². The molecule has 1 aromatic carbocycles. The molecule has 0 bridgehead atoms. The van der Waals surface area contributed by atoms with E-state index in [0.717, 1.165) is 42.8 Å². The van der Waals surface area contributed by atoms with Crippen LogP contribution in [0.25, 0.3) is 0 Å². The van der Waals surface area contributed by atoms with E-state index in [1.807, 2.05) is 49.0 Å². The number of thioether (sulfide) groups is 1. The van der Waals surface area contributed by atoms with E-state index in [2.05, 4.69) is 15.2 Å². The highest BCUT2D eigenvalue weighted by Crippen LogP contribution is 2.23. The van der Waals surface area contributed by atoms with Gasteiger partial charge in [-0.25, -0.2) is 4.98 Å². The Morgan fingerprint density at radius 1 is 1.29 bits per heavy atom. The number of hydrogen-bond donors (Lipinski definition) is 1. The van der Waals surface area contributed by atoms with Crippen molar-refractivity contribution < 1.29 is 9.53 Å². The molecule has 1 saturated heterocycles. The number of carbonyl (C=O) groups is 1. The molecule has 7 heteroatoms. The quantitative estimate of drug-likeness (QED) is 0.843. The largest absolute Gasteiger partial charge is 0.378 e. The molecule has 1 aliphatic rings. The molecular formula is C17H22N4O2S. The van der Waals surface area contributed by atoms with E-state index in [0.29, 0.717) is 0 Å². The predicted octanol–water partition coefficient (Wildman–Crippen LogP) is 2.38. The average Bonchev–Trinajstić information content (AvgIpc) is 3.01. The van der Waals surface area contributed by atoms with Gasteiger partial charge in [-0.1, -0.05) is 11.8 Å². The molecule has 1 aromatic heterocycles. The van der Waals surface area contributed by atoms with Gasteiger partial charge >= 0.3 is 0 Å². The highest BCUT2D eigenvalue weighted by atomic mass is 32.2. The molecule has 24 heavy (non-hydrogen) atoms. The van der Waals surface area contributed by atoms with Gasteiger partial charge in [-0.2, -0.15) is 0 Å². The Labute approximate surface area is 146 Å². The van der Waals surface area contributed by atoms with Crippen molar-refractivity contribution in [2.24, 2.45) is 7.05 Å². The van der Waals surface area contributed by atoms with E-state index in [1.54, 1.807) is 6.20 Å². The van der Waals surface area contributed by atoms with Gasteiger partial charge in [0.1, 0.15) is 0 Å². The van der Waals surface area contributed by atoms with Crippen LogP contribution in [0.2, 0.25) is 0 Å². The molecule has 1 amide bonds. The van der Waals surface area contributed by atoms with Crippen LogP contribution >= 0.6 is 11.8 Å². The highest BCUT2D eigenvalue weighted by Gasteiger charge is 2.17. The summed E-state index contributed by atoms with van der Waals surface area (Å²) < 4.78 is 7.28. The number of anilines is 2. The predicted molar refractivity (Wildman–Crippen MR) is 96.6 cm³/mol. The first-order valence-electron chi connectivity index (χ1n) is 8.01. The summed E-state index contributed by atoms with van der Waals surface area (Å²) in [6, 6.07) is 7.97. The summed E-state index contributed by atoms with van der Waals surface area (Å²) in [6.07, 6.45) is 3.61. The smallest absolute Gasteiger partial charge is 0.237 e. The lowest BCUT2D eigenvalue weighted by Crippen LogP contribution is -2.36. The molecule has 0 saturated carbocycles. The Morgan fingerprint density at radius 3 is 2.62 bits per heavy atom. The van der Waals surface area contributed by atoms with Gasteiger partial charge in [-0.15, -0.1) is 0 Å². The lowest BCUT2D eigenvalue weighted by molar-refractivity contribution is -0.115. The monoisotopic (exact) mass is 346 g/mol. The summed E-state index contributed by atoms with van der Waals surface area (Å²) in [5.74, 6) is -0.0258. The number of nitrogens with zero attached hydrogens (tertiary/aromatic N) is 3. The summed E-state index contributed by atoms with van der Waals surface area (Å²) in [6.45, 7) is 5.23. The van der Waals surface area contributed by atoms with Gasteiger partial charge in [0.25, 0.3) is 0 Å². The number of hydrogen-bond acceptors (Lipinski definition) is 5. The maximum Gasteiger partial charge on any atom is 0.237 e. The number of aromatic nitrogens is 2. The fraction of sp³-hybridized carbons (Fsp3) is 0.412. The highest BCUT2D eigenvalue weighted by molar-refractivity contribution is 8.00. The summed E-state index contributed by atoms with van der Waals surface area (Å²) in [5.41, 5.74) is 1.97. The van der Waals surface area contributed by atoms with Crippen LogP contribution in [-0.4, -0.2) is 47.0 Å². The first-order chi connectivity index (χ1) is 11.6. The van der Waals surface area contributed by atoms with Crippen molar-refractivity contribution in [2.45, 2.75) is 17.3 Å². The number of amides is 1. The number of carbonyl (C=O) groups excluding carboxylic acids is 1. The van der Waals surface area contributed by atoms with Crippen molar-refractivity contribution in [3.63, 3.8) is 0 Å². The number of imidazole rings is 1. The van der Waals surface area contributed by atoms with E-state index >= 15 is 0 Å². The molecule has 1 N–H and O–H groups in total. The molecule has 0 aliphatic carbocycles. The van der Waals surface area contributed by atoms with Gasteiger partial charge < -0.3 is 19.5 Å². The third-order valence-corrected chi connectivity index (χ3v) is 5.11. The zero-order chi connectivity index (χ0) is 16.9. The van der Waals surface area contributed by atoms with Gasteiger partial charge in [-0.05, 0) is 31.2 Å². The van der Waals surface area contributed by atoms with Crippen molar-refractivity contribution in [2.75, 3.05) is 36.5 Å². The number of nitrogens with one attached hydrogen (secondary N) is 1. The maximum absolute atomic E-state index is 12.3. The minimum Gasteiger partial charge on any atom is -0.378 e. The van der Waals surface area contributed by atoms with E-state index in [4.69, 9.17) is 4.74 Å². The van der Waals surface area contributed by atoms with Crippen LogP contribution in [0.15, 0.2) is 41.8 Å². The van der Waals surface area contributed by atoms with Crippen molar-refractivity contribution >= 4 is 29.0 Å². The van der Waals surface area contributed by atoms with E-state index < -0.39 is 0 Å². The number of rotatable bonds is 5. The molecule has 0 spiro atoms. The van der Waals surface area contributed by atoms with Crippen molar-refractivity contribution in [3.05, 3.63) is 36.7 Å². The minimum absolute atomic E-state index is 0.0258. The van der Waals surface area contributed by atoms with Gasteiger partial charge in [0.2, 0.25) is 5.91 Å². The molecule has 3 rings (SSSR count). The summed E-state index contributed by atoms with van der Waals surface area (Å²) in [7, 11) is 1.92. The Kier molecular flexibility index (Phi) is 5.42. The molecule has 0 radical (unpaired) electrons. The van der Waals surface area contributed by atoms with Gasteiger partial charge in [-0.3, -0.25) is 4.79 Å². The Morgan fingerprint density at radius 2 is 2.00 bits per heavy atom. The Bertz CT molecular complexity index is 680. The van der Waals surface area contributed by atoms with Crippen LogP contribution in [-0.2, 0) is 16.6 Å². The number of benzene rings is 1. The maximum atomic E-state index is 12.3. The molecule has 6 nitrogen and oxygen atoms in total. The average molecular weight is 346 g/mol. The number of ether oxygens (including phenoxy) is 1. The second kappa shape index (κ2) is 7.72. The van der Waals surface area contributed by atoms with Crippen molar-refractivity contribution in [1.29, 1.82) is 0 Å². The van der Waals surface area contributed by atoms with Crippen LogP contribution in [0.5, 0.6) is 0 Å². The van der Waals surface area contributed by atoms with Gasteiger partial charge in [0, 0.05) is 43.9 Å². The van der Waals surface area contributed by atoms with E-state index in [1.165, 1.54) is 11.8 Å². The molecule has 2 heterocycles. The normalized spacial score (nSPS) is 16.0. The standard InChI is InChI=1S/C17H22N4O2S/c1-13(24-17-18-7-8-20(17)2)16(22)19-14-3-5-15(6-4-14)21-9-11-23-12-10-21/h3-8,13H,9-12H2,1-2H3,(H,19,22)/t13-/m1/s1. The molecule has 128 valence electrons. The van der Waals surface area contributed by atoms with Crippen LogP contribution in [0.3, 0.4) is 0 Å². The second-order valence-electron chi connectivity index (χ2n) is 5.72. The lowest BCUT2D eigenvalue weighted by Gasteiger charge is -2.28. The lowest BCUT2D eigenvalue weighted by atomic mass is 10.2. The molecule has 1 atom stereocenters. The summed E-state index contributed by atoms with van der Waals surface area (Å²) in [5, 5.41) is 3.58. The third kappa shape index (κ3) is 4.10. The van der Waals surface area contributed by atoms with Crippen molar-refractivity contribution in [1.82, 2.24) is 9.55 Å². The van der Waals surface area contributed by atoms with Crippen LogP contribution < -0.4 is 10.2 Å². The van der Waals surface area contributed by atoms with E-state index in [-0.39, 0.29) is 11.2 Å². The topological polar surface area (TPSA) is 59.4 Å². The summed E-state index contributed by atoms with van der Waals surface area (Å²) >= 11 is 1.45. The second-order valence-corrected chi connectivity index (χ2v) is 7.02. The first-order valence-corrected chi connectivity index (χ1v) is 8.89. The molecule has 2 aromatic rings. The number of aryl methyl sites for hydroxylation is 1. The zero-order valence-electron chi connectivity index (χ0n) is 13.9. The SMILES string of the molecule is C[C@@H](Sc1nccn1C)C(=O)Nc1ccc(N2CCOCC2)cc1. The van der Waals surface area contributed by atoms with Crippen molar-refractivity contribution in [3.8, 4) is 0 Å². The molecule has 0 unspecified atom stereocenters. The Hall–Kier alpha value is -1.99. The van der Waals surface area contributed by atoms with Crippen LogP contribution in [0, 0.1) is 0 Å². The Balaban J connectivity index is 1.56. The first kappa shape index (κ1) is 16.9. The molecule has 1 fully saturated rings. The number of morpholine rings is 1. The molecule has 1 aliphatic heterocycles. The minimum atomic E-state index is -0.218. The van der Waals surface area contributed by atoms with E-state index in [9.17, 15) is 4.79 Å². The molecular weight excluding hydrogens is 324 g/mol. The van der Waals surface area contributed by atoms with Crippen LogP contribution in [0.4, 0.5) is 11.4 Å².